The predicted octanol–water partition coefficient (Wildman–Crippen LogP) is 3.04. The first-order valence-electron chi connectivity index (χ1n) is 4.08. The summed E-state index contributed by atoms with van der Waals surface area (Å²) in [5.41, 5.74) is 0. The van der Waals surface area contributed by atoms with Crippen molar-refractivity contribution in [1.82, 2.24) is 0 Å². The van der Waals surface area contributed by atoms with E-state index in [1.54, 1.807) is 0 Å². The highest BCUT2D eigenvalue weighted by atomic mass is 32.2. The fraction of sp³-hybridized carbons (Fsp3) is 0.875. The molecule has 0 aromatic rings. The molecule has 78 valence electrons. The number of alkyl halides is 3. The van der Waals surface area contributed by atoms with Gasteiger partial charge in [-0.15, -0.1) is 0 Å². The molecule has 0 aliphatic carbocycles. The minimum absolute atomic E-state index is 0.0238. The molecule has 0 aliphatic heterocycles. The van der Waals surface area contributed by atoms with Crippen molar-refractivity contribution in [2.45, 2.75) is 38.8 Å². The Morgan fingerprint density at radius 3 is 2.46 bits per heavy atom. The molecule has 0 fully saturated rings. The van der Waals surface area contributed by atoms with Gasteiger partial charge in [0.15, 0.2) is 5.12 Å². The smallest absolute Gasteiger partial charge is 0.241 e. The Balaban J connectivity index is 3.26. The molecule has 5 heteroatoms. The minimum Gasteiger partial charge on any atom is -0.288 e. The Hall–Kier alpha value is -0.190. The third kappa shape index (κ3) is 9.73. The Morgan fingerprint density at radius 2 is 2.00 bits per heavy atom. The number of hydrogen-bond donors (Lipinski definition) is 0. The van der Waals surface area contributed by atoms with Crippen molar-refractivity contribution in [1.29, 1.82) is 0 Å². The van der Waals surface area contributed by atoms with Crippen LogP contribution >= 0.6 is 11.8 Å². The zero-order valence-electron chi connectivity index (χ0n) is 7.43. The molecule has 0 aliphatic rings. The molecule has 0 saturated heterocycles. The zero-order valence-corrected chi connectivity index (χ0v) is 8.25. The summed E-state index contributed by atoms with van der Waals surface area (Å²) in [6.07, 6.45) is -4.11. The number of carbonyl (C=O) groups excluding carboxylic acids is 1. The highest BCUT2D eigenvalue weighted by Crippen LogP contribution is 2.14. The van der Waals surface area contributed by atoms with E-state index in [1.807, 2.05) is 0 Å². The normalized spacial score (nSPS) is 13.3. The lowest BCUT2D eigenvalue weighted by Gasteiger charge is -2.05. The molecule has 0 aromatic heterocycles. The highest BCUT2D eigenvalue weighted by molar-refractivity contribution is 8.13. The molecule has 0 heterocycles. The molecule has 1 atom stereocenters. The number of thioether (sulfide) groups is 1. The van der Waals surface area contributed by atoms with Gasteiger partial charge in [-0.3, -0.25) is 4.79 Å². The van der Waals surface area contributed by atoms with Gasteiger partial charge < -0.3 is 0 Å². The third-order valence-electron chi connectivity index (χ3n) is 1.40. The van der Waals surface area contributed by atoms with Gasteiger partial charge in [-0.05, 0) is 12.8 Å². The van der Waals surface area contributed by atoms with Gasteiger partial charge >= 0.3 is 0 Å². The van der Waals surface area contributed by atoms with E-state index in [4.69, 9.17) is 0 Å². The topological polar surface area (TPSA) is 17.1 Å². The van der Waals surface area contributed by atoms with Gasteiger partial charge in [0.25, 0.3) is 0 Å². The maximum absolute atomic E-state index is 12.6. The summed E-state index contributed by atoms with van der Waals surface area (Å²) in [4.78, 5) is 10.4. The Morgan fingerprint density at radius 1 is 1.38 bits per heavy atom. The third-order valence-corrected chi connectivity index (χ3v) is 2.30. The second-order valence-corrected chi connectivity index (χ2v) is 3.98. The summed E-state index contributed by atoms with van der Waals surface area (Å²) < 4.78 is 35.9. The Labute approximate surface area is 80.1 Å². The summed E-state index contributed by atoms with van der Waals surface area (Å²) in [6.45, 7) is 1.43. The van der Waals surface area contributed by atoms with Crippen LogP contribution in [0.3, 0.4) is 0 Å². The van der Waals surface area contributed by atoms with E-state index in [0.717, 1.165) is 11.8 Å². The van der Waals surface area contributed by atoms with Crippen molar-refractivity contribution in [3.05, 3.63) is 0 Å². The standard InChI is InChI=1S/C8H13F3OS/c1-6(12)13-4-2-3-7(9)5-8(10)11/h7-8H,2-5H2,1H3. The van der Waals surface area contributed by atoms with Crippen LogP contribution < -0.4 is 0 Å². The van der Waals surface area contributed by atoms with Crippen molar-refractivity contribution in [3.8, 4) is 0 Å². The summed E-state index contributed by atoms with van der Waals surface area (Å²) in [6, 6.07) is 0. The monoisotopic (exact) mass is 214 g/mol. The lowest BCUT2D eigenvalue weighted by atomic mass is 10.2. The van der Waals surface area contributed by atoms with E-state index in [0.29, 0.717) is 12.2 Å². The van der Waals surface area contributed by atoms with Gasteiger partial charge in [-0.25, -0.2) is 13.2 Å². The molecule has 1 nitrogen and oxygen atoms in total. The molecule has 0 saturated carbocycles. The first-order valence-corrected chi connectivity index (χ1v) is 5.06. The predicted molar refractivity (Wildman–Crippen MR) is 47.9 cm³/mol. The molecule has 13 heavy (non-hydrogen) atoms. The molecule has 0 N–H and O–H groups in total. The van der Waals surface area contributed by atoms with Crippen LogP contribution in [0.4, 0.5) is 13.2 Å². The average molecular weight is 214 g/mol. The number of carbonyl (C=O) groups is 1. The molecule has 0 spiro atoms. The van der Waals surface area contributed by atoms with Gasteiger partial charge in [0.05, 0.1) is 0 Å². The van der Waals surface area contributed by atoms with Crippen molar-refractivity contribution >= 4 is 16.9 Å². The maximum atomic E-state index is 12.6. The molecule has 0 bridgehead atoms. The number of hydrogen-bond acceptors (Lipinski definition) is 2. The van der Waals surface area contributed by atoms with E-state index < -0.39 is 19.0 Å². The number of halogens is 3. The summed E-state index contributed by atoms with van der Waals surface area (Å²) in [7, 11) is 0. The molecule has 1 unspecified atom stereocenters. The quantitative estimate of drug-likeness (QED) is 0.632. The second-order valence-electron chi connectivity index (χ2n) is 2.71. The molecule has 0 aromatic carbocycles. The van der Waals surface area contributed by atoms with Crippen molar-refractivity contribution in [3.63, 3.8) is 0 Å². The SMILES string of the molecule is CC(=O)SCCCC(F)CC(F)F. The van der Waals surface area contributed by atoms with Gasteiger partial charge in [-0.1, -0.05) is 11.8 Å². The first-order chi connectivity index (χ1) is 6.02. The lowest BCUT2D eigenvalue weighted by Crippen LogP contribution is -2.06. The molecule has 0 radical (unpaired) electrons. The van der Waals surface area contributed by atoms with Crippen LogP contribution in [0.1, 0.15) is 26.2 Å². The summed E-state index contributed by atoms with van der Waals surface area (Å²) in [5.74, 6) is 0.513. The van der Waals surface area contributed by atoms with E-state index in [2.05, 4.69) is 0 Å². The fourth-order valence-corrected chi connectivity index (χ4v) is 1.43. The first kappa shape index (κ1) is 12.8. The summed E-state index contributed by atoms with van der Waals surface area (Å²) >= 11 is 1.10. The molecular weight excluding hydrogens is 201 g/mol. The van der Waals surface area contributed by atoms with Gasteiger partial charge in [-0.2, -0.15) is 0 Å². The van der Waals surface area contributed by atoms with Crippen LogP contribution in [0, 0.1) is 0 Å². The maximum Gasteiger partial charge on any atom is 0.241 e. The highest BCUT2D eigenvalue weighted by Gasteiger charge is 2.13. The van der Waals surface area contributed by atoms with Crippen LogP contribution in [-0.2, 0) is 4.79 Å². The van der Waals surface area contributed by atoms with Crippen molar-refractivity contribution < 1.29 is 18.0 Å². The van der Waals surface area contributed by atoms with E-state index in [9.17, 15) is 18.0 Å². The van der Waals surface area contributed by atoms with Crippen molar-refractivity contribution in [2.75, 3.05) is 5.75 Å². The Bertz CT molecular complexity index is 152. The largest absolute Gasteiger partial charge is 0.288 e. The number of rotatable bonds is 6. The average Bonchev–Trinajstić information content (AvgIpc) is 1.96. The van der Waals surface area contributed by atoms with E-state index >= 15 is 0 Å². The van der Waals surface area contributed by atoms with Crippen LogP contribution in [0.5, 0.6) is 0 Å². The van der Waals surface area contributed by atoms with Crippen LogP contribution in [0.25, 0.3) is 0 Å². The molecule has 0 rings (SSSR count). The van der Waals surface area contributed by atoms with E-state index in [-0.39, 0.29) is 11.5 Å². The van der Waals surface area contributed by atoms with Crippen LogP contribution in [0.15, 0.2) is 0 Å². The molecular formula is C8H13F3OS. The zero-order chi connectivity index (χ0) is 10.3. The van der Waals surface area contributed by atoms with Crippen molar-refractivity contribution in [2.24, 2.45) is 0 Å². The Kier molecular flexibility index (Phi) is 7.13. The van der Waals surface area contributed by atoms with Gasteiger partial charge in [0.2, 0.25) is 6.43 Å². The summed E-state index contributed by atoms with van der Waals surface area (Å²) in [5, 5.41) is -0.0238. The van der Waals surface area contributed by atoms with E-state index in [1.165, 1.54) is 6.92 Å². The minimum atomic E-state index is -2.57. The van der Waals surface area contributed by atoms with Gasteiger partial charge in [0.1, 0.15) is 6.17 Å². The van der Waals surface area contributed by atoms with Crippen LogP contribution in [-0.4, -0.2) is 23.5 Å². The fourth-order valence-electron chi connectivity index (χ4n) is 0.832. The molecule has 0 amide bonds. The lowest BCUT2D eigenvalue weighted by molar-refractivity contribution is -0.109. The second kappa shape index (κ2) is 7.24. The van der Waals surface area contributed by atoms with Gasteiger partial charge in [0, 0.05) is 19.1 Å². The van der Waals surface area contributed by atoms with Crippen LogP contribution in [0.2, 0.25) is 0 Å².